The number of fused-ring (bicyclic) bond motifs is 1. The van der Waals surface area contributed by atoms with Crippen molar-refractivity contribution in [2.45, 2.75) is 4.90 Å². The maximum Gasteiger partial charge on any atom is 0.241 e. The van der Waals surface area contributed by atoms with Crippen molar-refractivity contribution < 1.29 is 8.42 Å². The largest absolute Gasteiger partial charge is 0.241 e. The van der Waals surface area contributed by atoms with Crippen molar-refractivity contribution in [2.24, 2.45) is 0 Å². The summed E-state index contributed by atoms with van der Waals surface area (Å²) < 4.78 is 24.5. The summed E-state index contributed by atoms with van der Waals surface area (Å²) in [6.07, 6.45) is 0. The first kappa shape index (κ1) is 6.82. The molecule has 57 valence electrons. The van der Waals surface area contributed by atoms with E-state index < -0.39 is 10.0 Å². The van der Waals surface area contributed by atoms with E-state index in [1.165, 1.54) is 6.54 Å². The summed E-state index contributed by atoms with van der Waals surface area (Å²) >= 11 is 0. The van der Waals surface area contributed by atoms with Crippen LogP contribution in [0.2, 0.25) is 0 Å². The lowest BCUT2D eigenvalue weighted by atomic mass is 10.2. The lowest BCUT2D eigenvalue weighted by molar-refractivity contribution is 0.593. The predicted molar refractivity (Wildman–Crippen MR) is 40.2 cm³/mol. The highest BCUT2D eigenvalue weighted by Crippen LogP contribution is 2.21. The lowest BCUT2D eigenvalue weighted by Crippen LogP contribution is -2.12. The van der Waals surface area contributed by atoms with Crippen LogP contribution >= 0.6 is 0 Å². The van der Waals surface area contributed by atoms with Gasteiger partial charge in [0.15, 0.2) is 0 Å². The highest BCUT2D eigenvalue weighted by Gasteiger charge is 2.24. The van der Waals surface area contributed by atoms with Crippen LogP contribution in [0.5, 0.6) is 0 Å². The molecule has 1 radical (unpaired) electrons. The van der Waals surface area contributed by atoms with Gasteiger partial charge in [0.1, 0.15) is 0 Å². The number of sulfonamides is 1. The minimum atomic E-state index is -3.21. The van der Waals surface area contributed by atoms with E-state index >= 15 is 0 Å². The molecule has 0 aliphatic carbocycles. The topological polar surface area (TPSA) is 46.2 Å². The number of hydrogen-bond donors (Lipinski definition) is 1. The Kier molecular flexibility index (Phi) is 1.27. The predicted octanol–water partition coefficient (Wildman–Crippen LogP) is 0.488. The van der Waals surface area contributed by atoms with Crippen molar-refractivity contribution in [3.05, 3.63) is 36.4 Å². The van der Waals surface area contributed by atoms with E-state index in [4.69, 9.17) is 0 Å². The Hall–Kier alpha value is -0.870. The molecule has 1 heterocycles. The fourth-order valence-electron chi connectivity index (χ4n) is 1.05. The highest BCUT2D eigenvalue weighted by atomic mass is 32.2. The normalized spacial score (nSPS) is 19.6. The number of rotatable bonds is 0. The Morgan fingerprint density at radius 2 is 1.91 bits per heavy atom. The molecule has 0 saturated heterocycles. The van der Waals surface area contributed by atoms with Crippen molar-refractivity contribution >= 4 is 10.0 Å². The van der Waals surface area contributed by atoms with Crippen LogP contribution in [-0.2, 0) is 10.0 Å². The van der Waals surface area contributed by atoms with Crippen LogP contribution in [0.1, 0.15) is 5.56 Å². The molecule has 0 atom stereocenters. The SMILES string of the molecule is O=S1(=O)N[CH]c2ccccc21. The van der Waals surface area contributed by atoms with Crippen molar-refractivity contribution in [3.63, 3.8) is 0 Å². The van der Waals surface area contributed by atoms with Gasteiger partial charge in [0, 0.05) is 0 Å². The zero-order chi connectivity index (χ0) is 7.90. The molecule has 2 rings (SSSR count). The fraction of sp³-hybridized carbons (Fsp3) is 0. The second-order valence-corrected chi connectivity index (χ2v) is 3.99. The first-order valence-electron chi connectivity index (χ1n) is 3.15. The van der Waals surface area contributed by atoms with Gasteiger partial charge in [-0.3, -0.25) is 0 Å². The molecule has 0 aromatic heterocycles. The molecule has 4 heteroatoms. The monoisotopic (exact) mass is 168 g/mol. The highest BCUT2D eigenvalue weighted by molar-refractivity contribution is 7.90. The smallest absolute Gasteiger partial charge is 0.207 e. The van der Waals surface area contributed by atoms with Gasteiger partial charge >= 0.3 is 0 Å². The fourth-order valence-corrected chi connectivity index (χ4v) is 2.15. The van der Waals surface area contributed by atoms with Crippen LogP contribution < -0.4 is 4.72 Å². The van der Waals surface area contributed by atoms with Crippen molar-refractivity contribution in [1.82, 2.24) is 4.72 Å². The Labute approximate surface area is 65.1 Å². The average molecular weight is 168 g/mol. The number of nitrogens with one attached hydrogen (secondary N) is 1. The lowest BCUT2D eigenvalue weighted by Gasteiger charge is -1.92. The van der Waals surface area contributed by atoms with Crippen LogP contribution in [0.15, 0.2) is 29.2 Å². The second-order valence-electron chi connectivity index (χ2n) is 2.30. The summed E-state index contributed by atoms with van der Waals surface area (Å²) in [7, 11) is -3.21. The van der Waals surface area contributed by atoms with Gasteiger partial charge in [-0.25, -0.2) is 13.1 Å². The maximum atomic E-state index is 11.1. The first-order valence-corrected chi connectivity index (χ1v) is 4.63. The van der Waals surface area contributed by atoms with Gasteiger partial charge in [-0.2, -0.15) is 0 Å². The van der Waals surface area contributed by atoms with Gasteiger partial charge in [0.2, 0.25) is 10.0 Å². The Balaban J connectivity index is 2.75. The molecule has 0 amide bonds. The molecule has 0 spiro atoms. The first-order chi connectivity index (χ1) is 5.20. The molecule has 0 saturated carbocycles. The van der Waals surface area contributed by atoms with Crippen LogP contribution in [0.3, 0.4) is 0 Å². The molecule has 0 fully saturated rings. The van der Waals surface area contributed by atoms with Gasteiger partial charge in [-0.05, 0) is 11.6 Å². The number of benzene rings is 1. The van der Waals surface area contributed by atoms with E-state index in [1.807, 2.05) is 0 Å². The molecule has 11 heavy (non-hydrogen) atoms. The van der Waals surface area contributed by atoms with Gasteiger partial charge in [0.05, 0.1) is 11.4 Å². The molecule has 0 bridgehead atoms. The second kappa shape index (κ2) is 2.06. The summed E-state index contributed by atoms with van der Waals surface area (Å²) in [5.41, 5.74) is 0.729. The summed E-state index contributed by atoms with van der Waals surface area (Å²) in [6, 6.07) is 6.85. The Bertz CT molecular complexity index is 383. The van der Waals surface area contributed by atoms with Gasteiger partial charge in [-0.1, -0.05) is 18.2 Å². The third kappa shape index (κ3) is 0.948. The minimum Gasteiger partial charge on any atom is -0.207 e. The molecule has 0 unspecified atom stereocenters. The molecular formula is C7H6NO2S. The van der Waals surface area contributed by atoms with Gasteiger partial charge < -0.3 is 0 Å². The van der Waals surface area contributed by atoms with Crippen LogP contribution in [0.4, 0.5) is 0 Å². The van der Waals surface area contributed by atoms with Crippen LogP contribution in [-0.4, -0.2) is 8.42 Å². The third-order valence-electron chi connectivity index (χ3n) is 1.58. The van der Waals surface area contributed by atoms with E-state index in [0.29, 0.717) is 4.90 Å². The molecule has 1 aromatic rings. The van der Waals surface area contributed by atoms with E-state index in [2.05, 4.69) is 4.72 Å². The summed E-state index contributed by atoms with van der Waals surface area (Å²) in [4.78, 5) is 0.361. The summed E-state index contributed by atoms with van der Waals surface area (Å²) in [5.74, 6) is 0. The molecule has 1 aliphatic rings. The molecule has 1 aromatic carbocycles. The third-order valence-corrected chi connectivity index (χ3v) is 2.96. The zero-order valence-corrected chi connectivity index (χ0v) is 6.43. The van der Waals surface area contributed by atoms with Gasteiger partial charge in [0.25, 0.3) is 0 Å². The number of hydrogen-bond acceptors (Lipinski definition) is 2. The molecule has 3 nitrogen and oxygen atoms in total. The zero-order valence-electron chi connectivity index (χ0n) is 5.61. The Morgan fingerprint density at radius 3 is 2.64 bits per heavy atom. The quantitative estimate of drug-likeness (QED) is 0.612. The van der Waals surface area contributed by atoms with E-state index in [9.17, 15) is 8.42 Å². The average Bonchev–Trinajstić information content (AvgIpc) is 2.29. The molecular weight excluding hydrogens is 162 g/mol. The van der Waals surface area contributed by atoms with Crippen molar-refractivity contribution in [1.29, 1.82) is 0 Å². The van der Waals surface area contributed by atoms with Crippen LogP contribution in [0.25, 0.3) is 0 Å². The van der Waals surface area contributed by atoms with E-state index in [0.717, 1.165) is 5.56 Å². The van der Waals surface area contributed by atoms with E-state index in [1.54, 1.807) is 24.3 Å². The molecule has 1 N–H and O–H groups in total. The summed E-state index contributed by atoms with van der Waals surface area (Å²) in [5, 5.41) is 0. The van der Waals surface area contributed by atoms with Crippen molar-refractivity contribution in [2.75, 3.05) is 0 Å². The summed E-state index contributed by atoms with van der Waals surface area (Å²) in [6.45, 7) is 1.49. The minimum absolute atomic E-state index is 0.361. The maximum absolute atomic E-state index is 11.1. The van der Waals surface area contributed by atoms with E-state index in [-0.39, 0.29) is 0 Å². The molecule has 1 aliphatic heterocycles. The van der Waals surface area contributed by atoms with Crippen LogP contribution in [0, 0.1) is 6.54 Å². The standard InChI is InChI=1S/C7H6NO2S/c9-11(10)7-4-2-1-3-6(7)5-8-11/h1-5,8H. The Morgan fingerprint density at radius 1 is 1.18 bits per heavy atom. The van der Waals surface area contributed by atoms with Gasteiger partial charge in [-0.15, -0.1) is 0 Å². The van der Waals surface area contributed by atoms with Crippen molar-refractivity contribution in [3.8, 4) is 0 Å².